The highest BCUT2D eigenvalue weighted by atomic mass is 16.5. The predicted molar refractivity (Wildman–Crippen MR) is 68.0 cm³/mol. The summed E-state index contributed by atoms with van der Waals surface area (Å²) >= 11 is 0. The lowest BCUT2D eigenvalue weighted by molar-refractivity contribution is 0.128. The van der Waals surface area contributed by atoms with E-state index in [1.54, 1.807) is 0 Å². The van der Waals surface area contributed by atoms with Crippen molar-refractivity contribution in [3.63, 3.8) is 0 Å². The molecule has 1 heteroatoms. The molecule has 1 aromatic carbocycles. The molecule has 2 atom stereocenters. The third kappa shape index (κ3) is 2.58. The molecule has 1 saturated carbocycles. The van der Waals surface area contributed by atoms with Crippen molar-refractivity contribution in [2.75, 3.05) is 0 Å². The molecule has 0 bridgehead atoms. The third-order valence-corrected chi connectivity index (χ3v) is 3.74. The minimum Gasteiger partial charge on any atom is -0.490 e. The zero-order chi connectivity index (χ0) is 11.5. The second-order valence-electron chi connectivity index (χ2n) is 5.21. The van der Waals surface area contributed by atoms with E-state index in [4.69, 9.17) is 4.74 Å². The maximum absolute atomic E-state index is 6.14. The third-order valence-electron chi connectivity index (χ3n) is 3.74. The molecule has 16 heavy (non-hydrogen) atoms. The predicted octanol–water partition coefficient (Wildman–Crippen LogP) is 4.26. The summed E-state index contributed by atoms with van der Waals surface area (Å²) < 4.78 is 6.14. The maximum atomic E-state index is 6.14. The van der Waals surface area contributed by atoms with Gasteiger partial charge in [-0.3, -0.25) is 0 Å². The Morgan fingerprint density at radius 1 is 1.19 bits per heavy atom. The highest BCUT2D eigenvalue weighted by molar-refractivity contribution is 5.38. The highest BCUT2D eigenvalue weighted by Gasteiger charge is 2.20. The summed E-state index contributed by atoms with van der Waals surface area (Å²) in [5.41, 5.74) is 2.61. The molecule has 0 radical (unpaired) electrons. The summed E-state index contributed by atoms with van der Waals surface area (Å²) in [5, 5.41) is 0. The fraction of sp³-hybridized carbons (Fsp3) is 0.600. The van der Waals surface area contributed by atoms with Gasteiger partial charge in [0.15, 0.2) is 0 Å². The quantitative estimate of drug-likeness (QED) is 0.720. The Kier molecular flexibility index (Phi) is 3.52. The van der Waals surface area contributed by atoms with Gasteiger partial charge in [-0.25, -0.2) is 0 Å². The smallest absolute Gasteiger partial charge is 0.122 e. The van der Waals surface area contributed by atoms with Gasteiger partial charge in [-0.15, -0.1) is 0 Å². The van der Waals surface area contributed by atoms with E-state index in [1.807, 2.05) is 0 Å². The molecule has 1 aliphatic carbocycles. The van der Waals surface area contributed by atoms with Crippen molar-refractivity contribution >= 4 is 0 Å². The van der Waals surface area contributed by atoms with Crippen molar-refractivity contribution in [2.24, 2.45) is 5.92 Å². The fourth-order valence-corrected chi connectivity index (χ4v) is 2.52. The highest BCUT2D eigenvalue weighted by Crippen LogP contribution is 2.29. The van der Waals surface area contributed by atoms with Gasteiger partial charge in [-0.05, 0) is 56.2 Å². The first-order chi connectivity index (χ1) is 7.66. The Morgan fingerprint density at radius 2 is 2.00 bits per heavy atom. The van der Waals surface area contributed by atoms with Crippen LogP contribution in [0.2, 0.25) is 0 Å². The molecular formula is C15H22O. The second kappa shape index (κ2) is 4.90. The monoisotopic (exact) mass is 218 g/mol. The molecule has 0 saturated heterocycles. The topological polar surface area (TPSA) is 9.23 Å². The zero-order valence-electron chi connectivity index (χ0n) is 10.6. The lowest BCUT2D eigenvalue weighted by Gasteiger charge is -2.28. The number of hydrogen-bond acceptors (Lipinski definition) is 1. The first-order valence-corrected chi connectivity index (χ1v) is 6.39. The minimum atomic E-state index is 0.434. The van der Waals surface area contributed by atoms with Crippen LogP contribution in [-0.2, 0) is 0 Å². The van der Waals surface area contributed by atoms with Gasteiger partial charge in [0.2, 0.25) is 0 Å². The van der Waals surface area contributed by atoms with Gasteiger partial charge in [0.25, 0.3) is 0 Å². The van der Waals surface area contributed by atoms with Gasteiger partial charge in [0, 0.05) is 0 Å². The van der Waals surface area contributed by atoms with Crippen LogP contribution >= 0.6 is 0 Å². The summed E-state index contributed by atoms with van der Waals surface area (Å²) in [4.78, 5) is 0. The Morgan fingerprint density at radius 3 is 2.75 bits per heavy atom. The van der Waals surface area contributed by atoms with Crippen LogP contribution in [0.15, 0.2) is 18.2 Å². The van der Waals surface area contributed by atoms with Crippen LogP contribution in [0.4, 0.5) is 0 Å². The van der Waals surface area contributed by atoms with Crippen LogP contribution < -0.4 is 4.74 Å². The first-order valence-electron chi connectivity index (χ1n) is 6.39. The lowest BCUT2D eigenvalue weighted by Crippen LogP contribution is -2.24. The molecule has 0 spiro atoms. The fourth-order valence-electron chi connectivity index (χ4n) is 2.52. The Bertz CT molecular complexity index is 356. The second-order valence-corrected chi connectivity index (χ2v) is 5.21. The number of benzene rings is 1. The van der Waals surface area contributed by atoms with Crippen LogP contribution in [0.3, 0.4) is 0 Å². The van der Waals surface area contributed by atoms with Crippen LogP contribution in [0.1, 0.15) is 43.7 Å². The molecule has 2 rings (SSSR count). The van der Waals surface area contributed by atoms with Crippen LogP contribution in [0, 0.1) is 19.8 Å². The van der Waals surface area contributed by atoms with Crippen molar-refractivity contribution in [1.82, 2.24) is 0 Å². The van der Waals surface area contributed by atoms with E-state index in [9.17, 15) is 0 Å². The van der Waals surface area contributed by atoms with Crippen molar-refractivity contribution in [1.29, 1.82) is 0 Å². The molecule has 0 aromatic heterocycles. The van der Waals surface area contributed by atoms with Gasteiger partial charge in [-0.2, -0.15) is 0 Å². The molecule has 88 valence electrons. The number of rotatable bonds is 2. The van der Waals surface area contributed by atoms with Gasteiger partial charge >= 0.3 is 0 Å². The molecular weight excluding hydrogens is 196 g/mol. The summed E-state index contributed by atoms with van der Waals surface area (Å²) in [6, 6.07) is 6.33. The van der Waals surface area contributed by atoms with Gasteiger partial charge in [-0.1, -0.05) is 25.5 Å². The van der Waals surface area contributed by atoms with E-state index in [1.165, 1.54) is 36.8 Å². The lowest BCUT2D eigenvalue weighted by atomic mass is 9.88. The molecule has 2 unspecified atom stereocenters. The maximum Gasteiger partial charge on any atom is 0.122 e. The summed E-state index contributed by atoms with van der Waals surface area (Å²) in [7, 11) is 0. The largest absolute Gasteiger partial charge is 0.490 e. The summed E-state index contributed by atoms with van der Waals surface area (Å²) in [6.07, 6.45) is 5.55. The average Bonchev–Trinajstić information content (AvgIpc) is 2.25. The Balaban J connectivity index is 2.05. The van der Waals surface area contributed by atoms with E-state index in [2.05, 4.69) is 39.0 Å². The zero-order valence-corrected chi connectivity index (χ0v) is 10.6. The molecule has 1 aromatic rings. The van der Waals surface area contributed by atoms with E-state index >= 15 is 0 Å². The van der Waals surface area contributed by atoms with Crippen LogP contribution in [0.5, 0.6) is 5.75 Å². The number of ether oxygens (including phenoxy) is 1. The summed E-state index contributed by atoms with van der Waals surface area (Å²) in [5.74, 6) is 1.91. The first kappa shape index (κ1) is 11.5. The van der Waals surface area contributed by atoms with E-state index in [0.29, 0.717) is 6.10 Å². The Labute approximate surface area is 98.8 Å². The van der Waals surface area contributed by atoms with Gasteiger partial charge in [0.1, 0.15) is 5.75 Å². The average molecular weight is 218 g/mol. The number of hydrogen-bond donors (Lipinski definition) is 0. The number of aryl methyl sites for hydroxylation is 1. The minimum absolute atomic E-state index is 0.434. The molecule has 1 fully saturated rings. The van der Waals surface area contributed by atoms with E-state index in [0.717, 1.165) is 11.7 Å². The molecule has 0 heterocycles. The van der Waals surface area contributed by atoms with Gasteiger partial charge < -0.3 is 4.74 Å². The molecule has 0 aliphatic heterocycles. The van der Waals surface area contributed by atoms with Crippen molar-refractivity contribution in [2.45, 2.75) is 52.6 Å². The molecule has 1 aliphatic rings. The molecule has 1 nitrogen and oxygen atoms in total. The van der Waals surface area contributed by atoms with Gasteiger partial charge in [0.05, 0.1) is 6.10 Å². The summed E-state index contributed by atoms with van der Waals surface area (Å²) in [6.45, 7) is 6.63. The molecule has 0 amide bonds. The van der Waals surface area contributed by atoms with E-state index in [-0.39, 0.29) is 0 Å². The normalized spacial score (nSPS) is 25.4. The van der Waals surface area contributed by atoms with Crippen molar-refractivity contribution in [3.8, 4) is 5.75 Å². The van der Waals surface area contributed by atoms with Crippen molar-refractivity contribution in [3.05, 3.63) is 29.3 Å². The Hall–Kier alpha value is -0.980. The molecule has 0 N–H and O–H groups in total. The van der Waals surface area contributed by atoms with Crippen LogP contribution in [0.25, 0.3) is 0 Å². The SMILES string of the molecule is Cc1cccc(OC2CCCC(C)C2)c1C. The van der Waals surface area contributed by atoms with Crippen LogP contribution in [-0.4, -0.2) is 6.10 Å². The van der Waals surface area contributed by atoms with E-state index < -0.39 is 0 Å². The van der Waals surface area contributed by atoms with Crippen molar-refractivity contribution < 1.29 is 4.74 Å². The standard InChI is InChI=1S/C15H22O/c1-11-6-4-8-14(10-11)16-15-9-5-7-12(2)13(15)3/h5,7,9,11,14H,4,6,8,10H2,1-3H3.